The van der Waals surface area contributed by atoms with Crippen LogP contribution in [-0.2, 0) is 0 Å². The summed E-state index contributed by atoms with van der Waals surface area (Å²) >= 11 is 5.28. The lowest BCUT2D eigenvalue weighted by atomic mass is 10.2. The maximum absolute atomic E-state index is 5.37. The number of benzene rings is 1. The summed E-state index contributed by atoms with van der Waals surface area (Å²) in [6, 6.07) is 7.86. The van der Waals surface area contributed by atoms with Gasteiger partial charge in [0, 0.05) is 18.8 Å². The quantitative estimate of drug-likeness (QED) is 0.815. The molecule has 1 heterocycles. The third kappa shape index (κ3) is 2.64. The van der Waals surface area contributed by atoms with E-state index in [2.05, 4.69) is 10.2 Å². The van der Waals surface area contributed by atoms with Crippen molar-refractivity contribution in [2.24, 2.45) is 0 Å². The zero-order valence-electron chi connectivity index (χ0n) is 9.40. The highest BCUT2D eigenvalue weighted by atomic mass is 32.1. The van der Waals surface area contributed by atoms with E-state index in [1.807, 2.05) is 31.2 Å². The molecule has 1 aliphatic heterocycles. The van der Waals surface area contributed by atoms with E-state index >= 15 is 0 Å². The molecule has 0 radical (unpaired) electrons. The minimum Gasteiger partial charge on any atom is -0.494 e. The highest BCUT2D eigenvalue weighted by molar-refractivity contribution is 7.80. The molecule has 1 fully saturated rings. The summed E-state index contributed by atoms with van der Waals surface area (Å²) in [6.45, 7) is 4.82. The molecule has 1 N–H and O–H groups in total. The SMILES string of the molecule is CCOc1ccc(NC(=S)N2CCC2)cc1. The molecule has 0 spiro atoms. The van der Waals surface area contributed by atoms with Gasteiger partial charge in [0.2, 0.25) is 0 Å². The Morgan fingerprint density at radius 1 is 1.38 bits per heavy atom. The molecule has 0 saturated carbocycles. The second-order valence-corrected chi connectivity index (χ2v) is 4.11. The van der Waals surface area contributed by atoms with Crippen molar-refractivity contribution in [2.75, 3.05) is 25.0 Å². The van der Waals surface area contributed by atoms with Crippen molar-refractivity contribution in [1.82, 2.24) is 4.90 Å². The fraction of sp³-hybridized carbons (Fsp3) is 0.417. The lowest BCUT2D eigenvalue weighted by Crippen LogP contribution is -2.44. The molecule has 4 heteroatoms. The molecular weight excluding hydrogens is 220 g/mol. The van der Waals surface area contributed by atoms with Gasteiger partial charge in [0.15, 0.2) is 5.11 Å². The number of hydrogen-bond donors (Lipinski definition) is 1. The molecule has 1 aliphatic rings. The second-order valence-electron chi connectivity index (χ2n) is 3.73. The highest BCUT2D eigenvalue weighted by Gasteiger charge is 2.16. The van der Waals surface area contributed by atoms with Crippen molar-refractivity contribution in [3.8, 4) is 5.75 Å². The van der Waals surface area contributed by atoms with E-state index in [-0.39, 0.29) is 0 Å². The average molecular weight is 236 g/mol. The Kier molecular flexibility index (Phi) is 3.62. The Bertz CT molecular complexity index is 360. The van der Waals surface area contributed by atoms with Crippen molar-refractivity contribution >= 4 is 23.0 Å². The van der Waals surface area contributed by atoms with Crippen LogP contribution in [0.15, 0.2) is 24.3 Å². The minimum atomic E-state index is 0.693. The smallest absolute Gasteiger partial charge is 0.173 e. The topological polar surface area (TPSA) is 24.5 Å². The second kappa shape index (κ2) is 5.16. The summed E-state index contributed by atoms with van der Waals surface area (Å²) in [5, 5.41) is 4.03. The lowest BCUT2D eigenvalue weighted by Gasteiger charge is -2.33. The van der Waals surface area contributed by atoms with Gasteiger partial charge in [-0.3, -0.25) is 0 Å². The van der Waals surface area contributed by atoms with E-state index in [4.69, 9.17) is 17.0 Å². The zero-order chi connectivity index (χ0) is 11.4. The number of anilines is 1. The molecule has 0 bridgehead atoms. The lowest BCUT2D eigenvalue weighted by molar-refractivity contribution is 0.304. The van der Waals surface area contributed by atoms with Crippen molar-refractivity contribution in [3.63, 3.8) is 0 Å². The van der Waals surface area contributed by atoms with Gasteiger partial charge in [-0.05, 0) is 49.8 Å². The van der Waals surface area contributed by atoms with Crippen LogP contribution in [-0.4, -0.2) is 29.7 Å². The molecule has 0 atom stereocenters. The van der Waals surface area contributed by atoms with Crippen LogP contribution in [0, 0.1) is 0 Å². The predicted molar refractivity (Wildman–Crippen MR) is 70.0 cm³/mol. The minimum absolute atomic E-state index is 0.693. The van der Waals surface area contributed by atoms with Crippen LogP contribution in [0.4, 0.5) is 5.69 Å². The first-order valence-corrected chi connectivity index (χ1v) is 5.99. The molecule has 1 saturated heterocycles. The van der Waals surface area contributed by atoms with Crippen LogP contribution in [0.25, 0.3) is 0 Å². The van der Waals surface area contributed by atoms with E-state index in [9.17, 15) is 0 Å². The Hall–Kier alpha value is -1.29. The first-order valence-electron chi connectivity index (χ1n) is 5.58. The molecule has 3 nitrogen and oxygen atoms in total. The molecule has 2 rings (SSSR count). The van der Waals surface area contributed by atoms with Crippen LogP contribution in [0.5, 0.6) is 5.75 Å². The molecule has 86 valence electrons. The number of thiocarbonyl (C=S) groups is 1. The fourth-order valence-electron chi connectivity index (χ4n) is 1.52. The van der Waals surface area contributed by atoms with Gasteiger partial charge in [-0.25, -0.2) is 0 Å². The first kappa shape index (κ1) is 11.2. The van der Waals surface area contributed by atoms with Crippen LogP contribution in [0.3, 0.4) is 0 Å². The Morgan fingerprint density at radius 3 is 2.56 bits per heavy atom. The summed E-state index contributed by atoms with van der Waals surface area (Å²) in [4.78, 5) is 2.16. The Labute approximate surface area is 101 Å². The van der Waals surface area contributed by atoms with Gasteiger partial charge in [-0.2, -0.15) is 0 Å². The summed E-state index contributed by atoms with van der Waals surface area (Å²) in [6.07, 6.45) is 1.24. The molecule has 16 heavy (non-hydrogen) atoms. The normalized spacial score (nSPS) is 14.2. The monoisotopic (exact) mass is 236 g/mol. The summed E-state index contributed by atoms with van der Waals surface area (Å²) < 4.78 is 5.37. The van der Waals surface area contributed by atoms with Gasteiger partial charge in [-0.15, -0.1) is 0 Å². The molecule has 1 aromatic carbocycles. The van der Waals surface area contributed by atoms with Crippen molar-refractivity contribution < 1.29 is 4.74 Å². The number of rotatable bonds is 3. The maximum Gasteiger partial charge on any atom is 0.173 e. The van der Waals surface area contributed by atoms with E-state index < -0.39 is 0 Å². The molecule has 0 aliphatic carbocycles. The van der Waals surface area contributed by atoms with Gasteiger partial charge >= 0.3 is 0 Å². The molecular formula is C12H16N2OS. The number of nitrogens with one attached hydrogen (secondary N) is 1. The van der Waals surface area contributed by atoms with E-state index in [0.29, 0.717) is 6.61 Å². The molecule has 1 aromatic rings. The average Bonchev–Trinajstić information content (AvgIpc) is 2.18. The van der Waals surface area contributed by atoms with Gasteiger partial charge in [-0.1, -0.05) is 0 Å². The van der Waals surface area contributed by atoms with Crippen molar-refractivity contribution in [3.05, 3.63) is 24.3 Å². The molecule has 0 aromatic heterocycles. The van der Waals surface area contributed by atoms with Gasteiger partial charge in [0.1, 0.15) is 5.75 Å². The summed E-state index contributed by atoms with van der Waals surface area (Å²) in [5.41, 5.74) is 1.01. The van der Waals surface area contributed by atoms with Crippen LogP contribution in [0.2, 0.25) is 0 Å². The summed E-state index contributed by atoms with van der Waals surface area (Å²) in [7, 11) is 0. The predicted octanol–water partition coefficient (Wildman–Crippen LogP) is 2.49. The Balaban J connectivity index is 1.91. The zero-order valence-corrected chi connectivity index (χ0v) is 10.2. The van der Waals surface area contributed by atoms with Gasteiger partial charge in [0.05, 0.1) is 6.61 Å². The van der Waals surface area contributed by atoms with Gasteiger partial charge in [0.25, 0.3) is 0 Å². The first-order chi connectivity index (χ1) is 7.79. The third-order valence-corrected chi connectivity index (χ3v) is 2.92. The van der Waals surface area contributed by atoms with Crippen molar-refractivity contribution in [1.29, 1.82) is 0 Å². The maximum atomic E-state index is 5.37. The fourth-order valence-corrected chi connectivity index (χ4v) is 1.82. The van der Waals surface area contributed by atoms with Crippen molar-refractivity contribution in [2.45, 2.75) is 13.3 Å². The number of likely N-dealkylation sites (tertiary alicyclic amines) is 1. The number of ether oxygens (including phenoxy) is 1. The van der Waals surface area contributed by atoms with E-state index in [1.165, 1.54) is 6.42 Å². The highest BCUT2D eigenvalue weighted by Crippen LogP contribution is 2.17. The summed E-state index contributed by atoms with van der Waals surface area (Å²) in [5.74, 6) is 0.892. The van der Waals surface area contributed by atoms with Crippen LogP contribution >= 0.6 is 12.2 Å². The number of hydrogen-bond acceptors (Lipinski definition) is 2. The third-order valence-electron chi connectivity index (χ3n) is 2.56. The standard InChI is InChI=1S/C12H16N2OS/c1-2-15-11-6-4-10(5-7-11)13-12(16)14-8-3-9-14/h4-7H,2-3,8-9H2,1H3,(H,13,16). The van der Waals surface area contributed by atoms with Gasteiger partial charge < -0.3 is 15.0 Å². The van der Waals surface area contributed by atoms with E-state index in [0.717, 1.165) is 29.6 Å². The number of nitrogens with zero attached hydrogens (tertiary/aromatic N) is 1. The van der Waals surface area contributed by atoms with E-state index in [1.54, 1.807) is 0 Å². The molecule has 0 unspecified atom stereocenters. The largest absolute Gasteiger partial charge is 0.494 e. The Morgan fingerprint density at radius 2 is 2.06 bits per heavy atom. The molecule has 0 amide bonds. The van der Waals surface area contributed by atoms with Crippen LogP contribution < -0.4 is 10.1 Å². The van der Waals surface area contributed by atoms with Crippen LogP contribution in [0.1, 0.15) is 13.3 Å².